The normalized spacial score (nSPS) is 26.8. The van der Waals surface area contributed by atoms with Gasteiger partial charge in [0.05, 0.1) is 31.9 Å². The number of rotatable bonds is 5. The van der Waals surface area contributed by atoms with Crippen molar-refractivity contribution in [1.82, 2.24) is 19.6 Å². The zero-order valence-electron chi connectivity index (χ0n) is 21.2. The van der Waals surface area contributed by atoms with Crippen molar-refractivity contribution in [3.8, 4) is 0 Å². The number of likely N-dealkylation sites (tertiary alicyclic amines) is 2. The Bertz CT molecular complexity index is 826. The summed E-state index contributed by atoms with van der Waals surface area (Å²) in [7, 11) is 0. The molecule has 1 amide bonds. The van der Waals surface area contributed by atoms with Gasteiger partial charge in [-0.2, -0.15) is 5.10 Å². The number of amides is 1. The highest BCUT2D eigenvalue weighted by Gasteiger charge is 2.43. The van der Waals surface area contributed by atoms with Crippen LogP contribution in [0.4, 0.5) is 0 Å². The number of hydrogen-bond acceptors (Lipinski definition) is 7. The molecule has 3 atom stereocenters. The van der Waals surface area contributed by atoms with E-state index >= 15 is 0 Å². The molecule has 0 aromatic carbocycles. The maximum atomic E-state index is 13.0. The highest BCUT2D eigenvalue weighted by atomic mass is 16.5. The third-order valence-corrected chi connectivity index (χ3v) is 8.03. The molecule has 0 aliphatic carbocycles. The van der Waals surface area contributed by atoms with Crippen molar-refractivity contribution < 1.29 is 34.1 Å². The molecule has 4 saturated heterocycles. The van der Waals surface area contributed by atoms with Crippen LogP contribution in [0.2, 0.25) is 0 Å². The molecule has 4 aliphatic heterocycles. The molecule has 0 bridgehead atoms. The van der Waals surface area contributed by atoms with E-state index in [-0.39, 0.29) is 19.0 Å². The molecule has 2 N–H and O–H groups in total. The van der Waals surface area contributed by atoms with Crippen molar-refractivity contribution >= 4 is 18.9 Å². The Balaban J connectivity index is 0.000000550. The fourth-order valence-electron chi connectivity index (χ4n) is 6.01. The van der Waals surface area contributed by atoms with E-state index in [1.165, 1.54) is 12.0 Å². The highest BCUT2D eigenvalue weighted by molar-refractivity contribution is 5.77. The summed E-state index contributed by atoms with van der Waals surface area (Å²) in [6.45, 7) is 10.0. The van der Waals surface area contributed by atoms with Crippen LogP contribution in [0.25, 0.3) is 0 Å². The van der Waals surface area contributed by atoms with E-state index in [1.54, 1.807) is 0 Å². The van der Waals surface area contributed by atoms with Gasteiger partial charge in [0.1, 0.15) is 0 Å². The minimum atomic E-state index is -0.250. The van der Waals surface area contributed by atoms with Crippen molar-refractivity contribution in [2.45, 2.75) is 58.2 Å². The lowest BCUT2D eigenvalue weighted by molar-refractivity contribution is -0.136. The summed E-state index contributed by atoms with van der Waals surface area (Å²) in [5.74, 6) is 1.38. The van der Waals surface area contributed by atoms with Crippen molar-refractivity contribution in [3.05, 3.63) is 18.0 Å². The first kappa shape index (κ1) is 28.1. The van der Waals surface area contributed by atoms with Crippen LogP contribution in [0.1, 0.15) is 44.6 Å². The summed E-state index contributed by atoms with van der Waals surface area (Å²) in [6.07, 6.45) is 9.30. The summed E-state index contributed by atoms with van der Waals surface area (Å²) in [4.78, 5) is 34.3. The van der Waals surface area contributed by atoms with Gasteiger partial charge in [-0.3, -0.25) is 24.0 Å². The van der Waals surface area contributed by atoms with Gasteiger partial charge in [0.2, 0.25) is 5.91 Å². The molecule has 1 spiro atoms. The Hall–Kier alpha value is -2.50. The smallest absolute Gasteiger partial charge is 0.290 e. The number of carboxylic acid groups (broad SMARTS) is 2. The monoisotopic (exact) mass is 508 g/mol. The first-order valence-electron chi connectivity index (χ1n) is 12.8. The van der Waals surface area contributed by atoms with Gasteiger partial charge in [0.15, 0.2) is 0 Å². The molecule has 202 valence electrons. The predicted molar refractivity (Wildman–Crippen MR) is 130 cm³/mol. The van der Waals surface area contributed by atoms with Crippen molar-refractivity contribution in [3.63, 3.8) is 0 Å². The molecule has 0 unspecified atom stereocenters. The first-order valence-corrected chi connectivity index (χ1v) is 12.8. The zero-order valence-corrected chi connectivity index (χ0v) is 21.2. The van der Waals surface area contributed by atoms with E-state index in [4.69, 9.17) is 29.3 Å². The topological polar surface area (TPSA) is 134 Å². The molecular weight excluding hydrogens is 468 g/mol. The molecule has 5 rings (SSSR count). The van der Waals surface area contributed by atoms with E-state index in [0.29, 0.717) is 29.6 Å². The van der Waals surface area contributed by atoms with E-state index in [9.17, 15) is 4.79 Å². The van der Waals surface area contributed by atoms with Crippen LogP contribution in [0, 0.1) is 17.3 Å². The second-order valence-corrected chi connectivity index (χ2v) is 10.1. The molecule has 0 radical (unpaired) electrons. The predicted octanol–water partition coefficient (Wildman–Crippen LogP) is 1.56. The van der Waals surface area contributed by atoms with Crippen molar-refractivity contribution in [2.24, 2.45) is 17.3 Å². The molecule has 0 saturated carbocycles. The average molecular weight is 509 g/mol. The summed E-state index contributed by atoms with van der Waals surface area (Å²) in [5.41, 5.74) is 1.64. The van der Waals surface area contributed by atoms with Gasteiger partial charge < -0.3 is 24.6 Å². The number of aryl methyl sites for hydroxylation is 1. The Labute approximate surface area is 212 Å². The Morgan fingerprint density at radius 3 is 2.53 bits per heavy atom. The lowest BCUT2D eigenvalue weighted by Gasteiger charge is -2.39. The molecule has 36 heavy (non-hydrogen) atoms. The quantitative estimate of drug-likeness (QED) is 0.568. The third kappa shape index (κ3) is 7.27. The summed E-state index contributed by atoms with van der Waals surface area (Å²) in [6, 6.07) is 0. The average Bonchev–Trinajstić information content (AvgIpc) is 3.62. The SMILES string of the molecule is CCn1cc(CN2CC[C@@H]3[C@@H](CO[C@H]3CC(=O)N3CCC4(CCOC4)CC3)C2)cn1.O=CO.O=CO. The molecule has 5 heterocycles. The number of hydrogen-bond donors (Lipinski definition) is 2. The molecule has 4 fully saturated rings. The fraction of sp³-hybridized carbons (Fsp3) is 0.760. The van der Waals surface area contributed by atoms with Crippen LogP contribution in [0.5, 0.6) is 0 Å². The fourth-order valence-corrected chi connectivity index (χ4v) is 6.01. The maximum absolute atomic E-state index is 13.0. The molecular formula is C25H40N4O7. The Morgan fingerprint density at radius 1 is 1.19 bits per heavy atom. The zero-order chi connectivity index (χ0) is 26.0. The van der Waals surface area contributed by atoms with E-state index in [1.807, 2.05) is 10.9 Å². The lowest BCUT2D eigenvalue weighted by Crippen LogP contribution is -2.45. The van der Waals surface area contributed by atoms with Crippen LogP contribution in [0.3, 0.4) is 0 Å². The van der Waals surface area contributed by atoms with Gasteiger partial charge in [-0.05, 0) is 50.5 Å². The minimum Gasteiger partial charge on any atom is -0.483 e. The Kier molecular flexibility index (Phi) is 10.7. The van der Waals surface area contributed by atoms with Gasteiger partial charge in [-0.25, -0.2) is 0 Å². The summed E-state index contributed by atoms with van der Waals surface area (Å²) in [5, 5.41) is 18.2. The second kappa shape index (κ2) is 13.7. The van der Waals surface area contributed by atoms with Crippen LogP contribution >= 0.6 is 0 Å². The van der Waals surface area contributed by atoms with Crippen LogP contribution in [-0.4, -0.2) is 101 Å². The number of aromatic nitrogens is 2. The van der Waals surface area contributed by atoms with Crippen molar-refractivity contribution in [2.75, 3.05) is 46.0 Å². The van der Waals surface area contributed by atoms with Gasteiger partial charge in [-0.15, -0.1) is 0 Å². The first-order chi connectivity index (χ1) is 17.5. The minimum absolute atomic E-state index is 0.109. The van der Waals surface area contributed by atoms with Gasteiger partial charge in [0, 0.05) is 57.0 Å². The second-order valence-electron chi connectivity index (χ2n) is 10.1. The summed E-state index contributed by atoms with van der Waals surface area (Å²) >= 11 is 0. The van der Waals surface area contributed by atoms with Gasteiger partial charge in [0.25, 0.3) is 12.9 Å². The van der Waals surface area contributed by atoms with Crippen molar-refractivity contribution in [1.29, 1.82) is 0 Å². The molecule has 11 nitrogen and oxygen atoms in total. The number of nitrogens with zero attached hydrogens (tertiary/aromatic N) is 4. The maximum Gasteiger partial charge on any atom is 0.290 e. The van der Waals surface area contributed by atoms with Crippen LogP contribution in [-0.2, 0) is 36.9 Å². The highest BCUT2D eigenvalue weighted by Crippen LogP contribution is 2.40. The summed E-state index contributed by atoms with van der Waals surface area (Å²) < 4.78 is 13.8. The number of fused-ring (bicyclic) bond motifs is 1. The number of carbonyl (C=O) groups excluding carboxylic acids is 1. The van der Waals surface area contributed by atoms with E-state index in [2.05, 4.69) is 28.0 Å². The molecule has 4 aliphatic rings. The number of piperidine rings is 2. The lowest BCUT2D eigenvalue weighted by atomic mass is 9.78. The van der Waals surface area contributed by atoms with Gasteiger partial charge >= 0.3 is 0 Å². The van der Waals surface area contributed by atoms with Gasteiger partial charge in [-0.1, -0.05) is 0 Å². The third-order valence-electron chi connectivity index (χ3n) is 8.03. The number of ether oxygens (including phenoxy) is 2. The molecule has 1 aromatic rings. The van der Waals surface area contributed by atoms with E-state index in [0.717, 1.165) is 78.4 Å². The molecule has 1 aromatic heterocycles. The van der Waals surface area contributed by atoms with E-state index < -0.39 is 0 Å². The largest absolute Gasteiger partial charge is 0.483 e. The molecule has 11 heteroatoms. The number of carbonyl (C=O) groups is 3. The Morgan fingerprint density at radius 2 is 1.92 bits per heavy atom. The van der Waals surface area contributed by atoms with Crippen LogP contribution in [0.15, 0.2) is 12.4 Å². The standard InChI is InChI=1S/C23H36N4O3.2CH2O2/c1-2-27-14-18(12-24-27)13-25-7-3-20-19(15-25)16-30-21(20)11-22(28)26-8-4-23(5-9-26)6-10-29-17-23;2*2-1-3/h12,14,19-21H,2-11,13,15-17H2,1H3;2*1H,(H,2,3)/t19-,20-,21+;;/m1../s1. The van der Waals surface area contributed by atoms with Crippen LogP contribution < -0.4 is 0 Å².